The molecule has 2 N–H and O–H groups in total. The Morgan fingerprint density at radius 3 is 2.50 bits per heavy atom. The van der Waals surface area contributed by atoms with E-state index in [1.807, 2.05) is 0 Å². The fraction of sp³-hybridized carbons (Fsp3) is 0.923. The van der Waals surface area contributed by atoms with Crippen LogP contribution in [0.4, 0.5) is 0 Å². The van der Waals surface area contributed by atoms with E-state index < -0.39 is 0 Å². The smallest absolute Gasteiger partial charge is 0.234 e. The maximum Gasteiger partial charge on any atom is 0.234 e. The minimum Gasteiger partial charge on any atom is -0.352 e. The van der Waals surface area contributed by atoms with Crippen LogP contribution in [0.25, 0.3) is 0 Å². The third-order valence-electron chi connectivity index (χ3n) is 3.63. The summed E-state index contributed by atoms with van der Waals surface area (Å²) in [6.45, 7) is 9.14. The molecular weight excluding hydrogens is 200 g/mol. The van der Waals surface area contributed by atoms with Crippen molar-refractivity contribution in [2.75, 3.05) is 6.54 Å². The van der Waals surface area contributed by atoms with Crippen LogP contribution in [0.3, 0.4) is 0 Å². The topological polar surface area (TPSA) is 41.1 Å². The van der Waals surface area contributed by atoms with E-state index in [1.54, 1.807) is 0 Å². The van der Waals surface area contributed by atoms with E-state index >= 15 is 0 Å². The van der Waals surface area contributed by atoms with Crippen molar-refractivity contribution in [1.82, 2.24) is 10.6 Å². The number of amides is 1. The summed E-state index contributed by atoms with van der Waals surface area (Å²) in [6, 6.07) is 0.767. The summed E-state index contributed by atoms with van der Waals surface area (Å²) in [5.74, 6) is 1.68. The molecule has 0 saturated heterocycles. The van der Waals surface area contributed by atoms with E-state index in [-0.39, 0.29) is 5.91 Å². The number of rotatable bonds is 4. The van der Waals surface area contributed by atoms with Gasteiger partial charge in [0.25, 0.3) is 0 Å². The summed E-state index contributed by atoms with van der Waals surface area (Å²) >= 11 is 0. The monoisotopic (exact) mass is 226 g/mol. The van der Waals surface area contributed by atoms with Crippen molar-refractivity contribution in [3.8, 4) is 0 Å². The Balaban J connectivity index is 2.24. The van der Waals surface area contributed by atoms with Crippen LogP contribution in [-0.2, 0) is 4.79 Å². The normalized spacial score (nSPS) is 30.4. The zero-order valence-electron chi connectivity index (χ0n) is 11.0. The molecule has 1 aliphatic rings. The number of hydrogen-bond acceptors (Lipinski definition) is 2. The van der Waals surface area contributed by atoms with Gasteiger partial charge in [0.1, 0.15) is 0 Å². The molecule has 0 spiro atoms. The van der Waals surface area contributed by atoms with E-state index in [1.165, 1.54) is 6.42 Å². The number of carbonyl (C=O) groups excluding carboxylic acids is 1. The largest absolute Gasteiger partial charge is 0.352 e. The minimum atomic E-state index is 0.139. The van der Waals surface area contributed by atoms with Crippen LogP contribution < -0.4 is 10.6 Å². The highest BCUT2D eigenvalue weighted by Crippen LogP contribution is 2.29. The molecule has 1 aliphatic carbocycles. The molecule has 0 aromatic carbocycles. The molecule has 0 radical (unpaired) electrons. The molecule has 1 fully saturated rings. The van der Waals surface area contributed by atoms with Crippen LogP contribution in [0.15, 0.2) is 0 Å². The molecule has 1 amide bonds. The van der Waals surface area contributed by atoms with Crippen molar-refractivity contribution in [1.29, 1.82) is 0 Å². The predicted molar refractivity (Wildman–Crippen MR) is 67.2 cm³/mol. The van der Waals surface area contributed by atoms with Crippen molar-refractivity contribution in [2.45, 2.75) is 59.0 Å². The van der Waals surface area contributed by atoms with Crippen molar-refractivity contribution < 1.29 is 4.79 Å². The van der Waals surface area contributed by atoms with Gasteiger partial charge in [0.2, 0.25) is 5.91 Å². The molecule has 1 rings (SSSR count). The first kappa shape index (κ1) is 13.5. The summed E-state index contributed by atoms with van der Waals surface area (Å²) in [7, 11) is 0. The second-order valence-corrected chi connectivity index (χ2v) is 5.57. The fourth-order valence-corrected chi connectivity index (χ4v) is 2.25. The van der Waals surface area contributed by atoms with Crippen LogP contribution in [0.2, 0.25) is 0 Å². The first-order chi connectivity index (χ1) is 7.49. The van der Waals surface area contributed by atoms with Crippen LogP contribution in [0.1, 0.15) is 47.0 Å². The van der Waals surface area contributed by atoms with Crippen molar-refractivity contribution >= 4 is 5.91 Å². The Bertz CT molecular complexity index is 228. The Hall–Kier alpha value is -0.570. The molecular formula is C13H26N2O. The lowest BCUT2D eigenvalue weighted by Gasteiger charge is -2.32. The summed E-state index contributed by atoms with van der Waals surface area (Å²) < 4.78 is 0. The van der Waals surface area contributed by atoms with E-state index in [9.17, 15) is 4.79 Å². The van der Waals surface area contributed by atoms with Gasteiger partial charge in [0.15, 0.2) is 0 Å². The highest BCUT2D eigenvalue weighted by Gasteiger charge is 2.25. The first-order valence-electron chi connectivity index (χ1n) is 6.51. The summed E-state index contributed by atoms with van der Waals surface area (Å²) in [4.78, 5) is 11.6. The molecule has 3 unspecified atom stereocenters. The summed E-state index contributed by atoms with van der Waals surface area (Å²) in [5.41, 5.74) is 0. The van der Waals surface area contributed by atoms with Gasteiger partial charge in [-0.1, -0.05) is 27.7 Å². The van der Waals surface area contributed by atoms with Gasteiger partial charge >= 0.3 is 0 Å². The quantitative estimate of drug-likeness (QED) is 0.769. The molecule has 0 aromatic rings. The van der Waals surface area contributed by atoms with E-state index in [0.29, 0.717) is 18.6 Å². The Morgan fingerprint density at radius 2 is 1.94 bits per heavy atom. The molecule has 0 heterocycles. The van der Waals surface area contributed by atoms with Gasteiger partial charge in [0, 0.05) is 12.1 Å². The van der Waals surface area contributed by atoms with E-state index in [0.717, 1.165) is 24.7 Å². The van der Waals surface area contributed by atoms with Crippen molar-refractivity contribution in [3.05, 3.63) is 0 Å². The molecule has 0 aliphatic heterocycles. The average molecular weight is 226 g/mol. The highest BCUT2D eigenvalue weighted by molar-refractivity contribution is 5.78. The second kappa shape index (κ2) is 6.24. The average Bonchev–Trinajstić information content (AvgIpc) is 2.21. The van der Waals surface area contributed by atoms with Gasteiger partial charge in [-0.15, -0.1) is 0 Å². The Labute approximate surface area is 99.4 Å². The highest BCUT2D eigenvalue weighted by atomic mass is 16.1. The van der Waals surface area contributed by atoms with Gasteiger partial charge in [-0.2, -0.15) is 0 Å². The lowest BCUT2D eigenvalue weighted by molar-refractivity contribution is -0.121. The molecule has 0 bridgehead atoms. The molecule has 3 nitrogen and oxygen atoms in total. The van der Waals surface area contributed by atoms with Crippen LogP contribution in [0, 0.1) is 11.8 Å². The lowest BCUT2D eigenvalue weighted by atomic mass is 9.79. The maximum absolute atomic E-state index is 11.6. The third-order valence-corrected chi connectivity index (χ3v) is 3.63. The molecule has 94 valence electrons. The van der Waals surface area contributed by atoms with Gasteiger partial charge < -0.3 is 10.6 Å². The van der Waals surface area contributed by atoms with Gasteiger partial charge in [-0.25, -0.2) is 0 Å². The molecule has 3 atom stereocenters. The standard InChI is InChI=1S/C13H26N2O/c1-9(2)14-8-13(16)15-12-6-5-10(3)11(4)7-12/h9-12,14H,5-8H2,1-4H3,(H,15,16). The number of nitrogens with one attached hydrogen (secondary N) is 2. The van der Waals surface area contributed by atoms with Gasteiger partial charge in [-0.3, -0.25) is 4.79 Å². The van der Waals surface area contributed by atoms with E-state index in [2.05, 4.69) is 38.3 Å². The lowest BCUT2D eigenvalue weighted by Crippen LogP contribution is -2.44. The second-order valence-electron chi connectivity index (χ2n) is 5.57. The molecule has 0 aromatic heterocycles. The zero-order valence-corrected chi connectivity index (χ0v) is 11.0. The van der Waals surface area contributed by atoms with Crippen LogP contribution >= 0.6 is 0 Å². The Morgan fingerprint density at radius 1 is 1.25 bits per heavy atom. The molecule has 1 saturated carbocycles. The van der Waals surface area contributed by atoms with Crippen LogP contribution in [-0.4, -0.2) is 24.5 Å². The summed E-state index contributed by atoms with van der Waals surface area (Å²) in [5, 5.41) is 6.27. The third kappa shape index (κ3) is 4.52. The minimum absolute atomic E-state index is 0.139. The Kier molecular flexibility index (Phi) is 5.26. The first-order valence-corrected chi connectivity index (χ1v) is 6.51. The van der Waals surface area contributed by atoms with Crippen LogP contribution in [0.5, 0.6) is 0 Å². The number of hydrogen-bond donors (Lipinski definition) is 2. The van der Waals surface area contributed by atoms with Gasteiger partial charge in [-0.05, 0) is 31.1 Å². The summed E-state index contributed by atoms with van der Waals surface area (Å²) in [6.07, 6.45) is 3.51. The maximum atomic E-state index is 11.6. The molecule has 16 heavy (non-hydrogen) atoms. The van der Waals surface area contributed by atoms with Crippen molar-refractivity contribution in [3.63, 3.8) is 0 Å². The predicted octanol–water partition coefficient (Wildman–Crippen LogP) is 1.93. The van der Waals surface area contributed by atoms with E-state index in [4.69, 9.17) is 0 Å². The number of carbonyl (C=O) groups is 1. The van der Waals surface area contributed by atoms with Crippen molar-refractivity contribution in [2.24, 2.45) is 11.8 Å². The SMILES string of the molecule is CC(C)NCC(=O)NC1CCC(C)C(C)C1. The molecule has 3 heteroatoms. The zero-order chi connectivity index (χ0) is 12.1. The van der Waals surface area contributed by atoms with Gasteiger partial charge in [0.05, 0.1) is 6.54 Å². The fourth-order valence-electron chi connectivity index (χ4n) is 2.25.